The van der Waals surface area contributed by atoms with Crippen LogP contribution in [0.25, 0.3) is 11.1 Å². The Morgan fingerprint density at radius 2 is 1.58 bits per heavy atom. The molecule has 0 bridgehead atoms. The highest BCUT2D eigenvalue weighted by Crippen LogP contribution is 2.34. The van der Waals surface area contributed by atoms with Gasteiger partial charge in [-0.2, -0.15) is 0 Å². The van der Waals surface area contributed by atoms with Gasteiger partial charge in [0.25, 0.3) is 0 Å². The molecule has 0 aliphatic carbocycles. The van der Waals surface area contributed by atoms with Crippen molar-refractivity contribution in [2.45, 2.75) is 13.3 Å². The number of hydrogen-bond donors (Lipinski definition) is 1. The van der Waals surface area contributed by atoms with Crippen LogP contribution in [0.5, 0.6) is 11.5 Å². The fraction of sp³-hybridized carbons (Fsp3) is 0.250. The van der Waals surface area contributed by atoms with Crippen LogP contribution in [-0.4, -0.2) is 13.2 Å². The summed E-state index contributed by atoms with van der Waals surface area (Å²) in [6.45, 7) is 3.44. The second-order valence-corrected chi connectivity index (χ2v) is 4.78. The summed E-state index contributed by atoms with van der Waals surface area (Å²) in [5, 5.41) is 0. The lowest BCUT2D eigenvalue weighted by Crippen LogP contribution is -1.97. The number of ether oxygens (including phenoxy) is 2. The first-order valence-corrected chi connectivity index (χ1v) is 6.50. The topological polar surface area (TPSA) is 44.5 Å². The Kier molecular flexibility index (Phi) is 3.03. The lowest BCUT2D eigenvalue weighted by molar-refractivity contribution is 0.297. The molecule has 0 saturated carbocycles. The number of rotatable bonds is 1. The first-order chi connectivity index (χ1) is 9.24. The zero-order chi connectivity index (χ0) is 13.2. The smallest absolute Gasteiger partial charge is 0.161 e. The molecule has 0 unspecified atom stereocenters. The van der Waals surface area contributed by atoms with Crippen molar-refractivity contribution in [1.29, 1.82) is 0 Å². The van der Waals surface area contributed by atoms with E-state index in [0.717, 1.165) is 40.3 Å². The molecule has 0 fully saturated rings. The second kappa shape index (κ2) is 4.84. The van der Waals surface area contributed by atoms with Crippen molar-refractivity contribution >= 4 is 5.69 Å². The summed E-state index contributed by atoms with van der Waals surface area (Å²) in [6.07, 6.45) is 0.922. The van der Waals surface area contributed by atoms with E-state index in [9.17, 15) is 0 Å². The summed E-state index contributed by atoms with van der Waals surface area (Å²) >= 11 is 0. The van der Waals surface area contributed by atoms with Gasteiger partial charge in [-0.3, -0.25) is 0 Å². The maximum Gasteiger partial charge on any atom is 0.161 e. The summed E-state index contributed by atoms with van der Waals surface area (Å²) in [5.74, 6) is 1.65. The van der Waals surface area contributed by atoms with Crippen LogP contribution in [0.15, 0.2) is 36.4 Å². The summed E-state index contributed by atoms with van der Waals surface area (Å²) in [5.41, 5.74) is 10.0. The van der Waals surface area contributed by atoms with E-state index in [2.05, 4.69) is 12.1 Å². The Bertz CT molecular complexity index is 608. The van der Waals surface area contributed by atoms with E-state index in [-0.39, 0.29) is 0 Å². The summed E-state index contributed by atoms with van der Waals surface area (Å²) in [7, 11) is 0. The number of nitrogen functional groups attached to an aromatic ring is 1. The largest absolute Gasteiger partial charge is 0.490 e. The molecule has 2 N–H and O–H groups in total. The zero-order valence-electron chi connectivity index (χ0n) is 11.0. The highest BCUT2D eigenvalue weighted by atomic mass is 16.5. The summed E-state index contributed by atoms with van der Waals surface area (Å²) < 4.78 is 11.4. The van der Waals surface area contributed by atoms with Crippen LogP contribution in [0, 0.1) is 6.92 Å². The normalized spacial score (nSPS) is 13.9. The molecule has 0 aromatic heterocycles. The van der Waals surface area contributed by atoms with Gasteiger partial charge in [0.1, 0.15) is 0 Å². The van der Waals surface area contributed by atoms with Crippen molar-refractivity contribution in [2.24, 2.45) is 0 Å². The van der Waals surface area contributed by atoms with E-state index >= 15 is 0 Å². The van der Waals surface area contributed by atoms with E-state index in [4.69, 9.17) is 15.2 Å². The van der Waals surface area contributed by atoms with Gasteiger partial charge in [-0.05, 0) is 47.9 Å². The predicted molar refractivity (Wildman–Crippen MR) is 76.6 cm³/mol. The maximum atomic E-state index is 5.85. The van der Waals surface area contributed by atoms with Crippen LogP contribution in [0.1, 0.15) is 12.0 Å². The van der Waals surface area contributed by atoms with E-state index in [1.807, 2.05) is 31.2 Å². The van der Waals surface area contributed by atoms with Gasteiger partial charge in [0.2, 0.25) is 0 Å². The van der Waals surface area contributed by atoms with Crippen molar-refractivity contribution in [2.75, 3.05) is 18.9 Å². The van der Waals surface area contributed by atoms with E-state index < -0.39 is 0 Å². The molecule has 3 nitrogen and oxygen atoms in total. The van der Waals surface area contributed by atoms with E-state index in [0.29, 0.717) is 13.2 Å². The fourth-order valence-electron chi connectivity index (χ4n) is 2.20. The third-order valence-corrected chi connectivity index (χ3v) is 3.35. The van der Waals surface area contributed by atoms with Gasteiger partial charge in [0.05, 0.1) is 13.2 Å². The standard InChI is InChI=1S/C16H17NO2/c1-11-9-12(3-5-14(11)17)13-4-6-15-16(10-13)19-8-2-7-18-15/h3-6,9-10H,2,7-8,17H2,1H3. The average Bonchev–Trinajstić information content (AvgIpc) is 2.66. The molecule has 1 heterocycles. The van der Waals surface area contributed by atoms with Crippen LogP contribution in [0.4, 0.5) is 5.69 Å². The quantitative estimate of drug-likeness (QED) is 0.794. The number of nitrogens with two attached hydrogens (primary N) is 1. The first-order valence-electron chi connectivity index (χ1n) is 6.50. The van der Waals surface area contributed by atoms with Crippen LogP contribution in [0.3, 0.4) is 0 Å². The molecule has 0 saturated heterocycles. The Labute approximate surface area is 113 Å². The van der Waals surface area contributed by atoms with Crippen LogP contribution < -0.4 is 15.2 Å². The molecule has 2 aromatic rings. The molecule has 2 aromatic carbocycles. The first kappa shape index (κ1) is 11.9. The van der Waals surface area contributed by atoms with Crippen molar-refractivity contribution in [3.63, 3.8) is 0 Å². The van der Waals surface area contributed by atoms with Crippen LogP contribution in [0.2, 0.25) is 0 Å². The number of anilines is 1. The predicted octanol–water partition coefficient (Wildman–Crippen LogP) is 3.41. The van der Waals surface area contributed by atoms with Gasteiger partial charge in [-0.1, -0.05) is 12.1 Å². The fourth-order valence-corrected chi connectivity index (χ4v) is 2.20. The summed E-state index contributed by atoms with van der Waals surface area (Å²) in [4.78, 5) is 0. The third-order valence-electron chi connectivity index (χ3n) is 3.35. The van der Waals surface area contributed by atoms with Crippen LogP contribution in [-0.2, 0) is 0 Å². The molecular weight excluding hydrogens is 238 g/mol. The third kappa shape index (κ3) is 2.36. The van der Waals surface area contributed by atoms with Crippen molar-refractivity contribution in [3.05, 3.63) is 42.0 Å². The minimum absolute atomic E-state index is 0.706. The maximum absolute atomic E-state index is 5.85. The molecule has 0 radical (unpaired) electrons. The molecule has 98 valence electrons. The minimum atomic E-state index is 0.706. The SMILES string of the molecule is Cc1cc(-c2ccc3c(c2)OCCCO3)ccc1N. The van der Waals surface area contributed by atoms with Crippen molar-refractivity contribution < 1.29 is 9.47 Å². The number of hydrogen-bond acceptors (Lipinski definition) is 3. The lowest BCUT2D eigenvalue weighted by atomic mass is 10.0. The molecule has 3 heteroatoms. The summed E-state index contributed by atoms with van der Waals surface area (Å²) in [6, 6.07) is 12.1. The van der Waals surface area contributed by atoms with Crippen molar-refractivity contribution in [1.82, 2.24) is 0 Å². The van der Waals surface area contributed by atoms with Gasteiger partial charge in [0.15, 0.2) is 11.5 Å². The molecule has 3 rings (SSSR count). The molecular formula is C16H17NO2. The molecule has 0 amide bonds. The lowest BCUT2D eigenvalue weighted by Gasteiger charge is -2.10. The van der Waals surface area contributed by atoms with Crippen LogP contribution >= 0.6 is 0 Å². The highest BCUT2D eigenvalue weighted by molar-refractivity contribution is 5.70. The van der Waals surface area contributed by atoms with Crippen molar-refractivity contribution in [3.8, 4) is 22.6 Å². The molecule has 19 heavy (non-hydrogen) atoms. The number of fused-ring (bicyclic) bond motifs is 1. The van der Waals surface area contributed by atoms with Gasteiger partial charge in [0, 0.05) is 12.1 Å². The number of benzene rings is 2. The molecule has 0 spiro atoms. The molecule has 1 aliphatic rings. The van der Waals surface area contributed by atoms with Gasteiger partial charge >= 0.3 is 0 Å². The second-order valence-electron chi connectivity index (χ2n) is 4.78. The van der Waals surface area contributed by atoms with Gasteiger partial charge < -0.3 is 15.2 Å². The Hall–Kier alpha value is -2.16. The van der Waals surface area contributed by atoms with E-state index in [1.165, 1.54) is 0 Å². The van der Waals surface area contributed by atoms with Gasteiger partial charge in [-0.15, -0.1) is 0 Å². The minimum Gasteiger partial charge on any atom is -0.490 e. The van der Waals surface area contributed by atoms with Gasteiger partial charge in [-0.25, -0.2) is 0 Å². The number of aryl methyl sites for hydroxylation is 1. The zero-order valence-corrected chi connectivity index (χ0v) is 11.0. The molecule has 1 aliphatic heterocycles. The average molecular weight is 255 g/mol. The Morgan fingerprint density at radius 3 is 2.37 bits per heavy atom. The molecule has 0 atom stereocenters. The Balaban J connectivity index is 2.01. The monoisotopic (exact) mass is 255 g/mol. The van der Waals surface area contributed by atoms with E-state index in [1.54, 1.807) is 0 Å². The Morgan fingerprint density at radius 1 is 0.895 bits per heavy atom. The highest BCUT2D eigenvalue weighted by Gasteiger charge is 2.11.